The van der Waals surface area contributed by atoms with Gasteiger partial charge in [0.2, 0.25) is 0 Å². The van der Waals surface area contributed by atoms with E-state index >= 15 is 0 Å². The topological polar surface area (TPSA) is 43.4 Å². The van der Waals surface area contributed by atoms with Crippen molar-refractivity contribution in [1.82, 2.24) is 0 Å². The fourth-order valence-electron chi connectivity index (χ4n) is 1.60. The number of hydrogen-bond acceptors (Lipinski definition) is 3. The average molecular weight is 243 g/mol. The van der Waals surface area contributed by atoms with Gasteiger partial charge in [0.15, 0.2) is 0 Å². The van der Waals surface area contributed by atoms with Crippen molar-refractivity contribution in [3.05, 3.63) is 23.3 Å². The normalized spacial score (nSPS) is 14.1. The third-order valence-corrected chi connectivity index (χ3v) is 3.59. The number of halogens is 1. The Morgan fingerprint density at radius 3 is 2.80 bits per heavy atom. The summed E-state index contributed by atoms with van der Waals surface area (Å²) in [5, 5.41) is 0. The zero-order valence-electron chi connectivity index (χ0n) is 7.66. The van der Waals surface area contributed by atoms with Crippen molar-refractivity contribution >= 4 is 19.7 Å². The Balaban J connectivity index is 2.74. The van der Waals surface area contributed by atoms with Crippen molar-refractivity contribution in [2.45, 2.75) is 11.3 Å². The third kappa shape index (κ3) is 1.69. The van der Waals surface area contributed by atoms with Crippen molar-refractivity contribution < 1.29 is 13.2 Å². The largest absolute Gasteiger partial charge is 0.491 e. The van der Waals surface area contributed by atoms with Crippen LogP contribution in [-0.4, -0.2) is 15.0 Å². The summed E-state index contributed by atoms with van der Waals surface area (Å²) in [5.41, 5.74) is 1.41. The van der Waals surface area contributed by atoms with Crippen LogP contribution in [0.4, 0.5) is 0 Å². The second kappa shape index (κ2) is 3.44. The Labute approximate surface area is 92.4 Å². The Kier molecular flexibility index (Phi) is 2.37. The van der Waals surface area contributed by atoms with Gasteiger partial charge in [-0.1, -0.05) is 5.92 Å². The van der Waals surface area contributed by atoms with Gasteiger partial charge >= 0.3 is 0 Å². The molecule has 78 valence electrons. The summed E-state index contributed by atoms with van der Waals surface area (Å²) in [4.78, 5) is -0.00401. The predicted molar refractivity (Wildman–Crippen MR) is 56.6 cm³/mol. The quantitative estimate of drug-likeness (QED) is 0.554. The summed E-state index contributed by atoms with van der Waals surface area (Å²) in [6.45, 7) is 0.438. The van der Waals surface area contributed by atoms with Crippen LogP contribution in [0.2, 0.25) is 0 Å². The van der Waals surface area contributed by atoms with E-state index in [0.29, 0.717) is 24.3 Å². The molecule has 0 aromatic heterocycles. The lowest BCUT2D eigenvalue weighted by molar-refractivity contribution is 0.349. The summed E-state index contributed by atoms with van der Waals surface area (Å²) in [6, 6.07) is 2.95. The molecule has 1 aromatic carbocycles. The Morgan fingerprint density at radius 2 is 2.20 bits per heavy atom. The average Bonchev–Trinajstić information content (AvgIpc) is 2.62. The number of ether oxygens (including phenoxy) is 1. The number of fused-ring (bicyclic) bond motifs is 1. The van der Waals surface area contributed by atoms with Gasteiger partial charge in [-0.05, 0) is 12.1 Å². The van der Waals surface area contributed by atoms with Gasteiger partial charge in [0.05, 0.1) is 6.61 Å². The van der Waals surface area contributed by atoms with E-state index in [0.717, 1.165) is 5.56 Å². The number of benzene rings is 1. The molecule has 0 saturated carbocycles. The van der Waals surface area contributed by atoms with Crippen molar-refractivity contribution in [2.75, 3.05) is 6.61 Å². The molecule has 0 aliphatic carbocycles. The molecular formula is C10H7ClO3S. The summed E-state index contributed by atoms with van der Waals surface area (Å²) >= 11 is 0. The predicted octanol–water partition coefficient (Wildman–Crippen LogP) is 1.53. The van der Waals surface area contributed by atoms with Crippen LogP contribution in [0.1, 0.15) is 11.1 Å². The maximum Gasteiger partial charge on any atom is 0.264 e. The Bertz CT molecular complexity index is 555. The molecule has 0 bridgehead atoms. The highest BCUT2D eigenvalue weighted by molar-refractivity contribution is 8.13. The molecule has 0 radical (unpaired) electrons. The molecule has 1 aliphatic heterocycles. The van der Waals surface area contributed by atoms with Gasteiger partial charge in [0, 0.05) is 28.2 Å². The van der Waals surface area contributed by atoms with Crippen LogP contribution in [-0.2, 0) is 15.5 Å². The molecule has 1 aliphatic rings. The molecule has 0 atom stereocenters. The van der Waals surface area contributed by atoms with E-state index in [2.05, 4.69) is 5.92 Å². The minimum absolute atomic E-state index is 0.00401. The van der Waals surface area contributed by atoms with E-state index in [1.165, 1.54) is 6.07 Å². The monoisotopic (exact) mass is 242 g/mol. The highest BCUT2D eigenvalue weighted by atomic mass is 35.7. The smallest absolute Gasteiger partial charge is 0.264 e. The van der Waals surface area contributed by atoms with Gasteiger partial charge < -0.3 is 4.74 Å². The number of rotatable bonds is 1. The van der Waals surface area contributed by atoms with Crippen molar-refractivity contribution in [3.8, 4) is 18.1 Å². The summed E-state index contributed by atoms with van der Waals surface area (Å²) in [7, 11) is 1.50. The van der Waals surface area contributed by atoms with E-state index in [1.54, 1.807) is 6.07 Å². The van der Waals surface area contributed by atoms with Crippen LogP contribution in [0.5, 0.6) is 5.75 Å². The second-order valence-corrected chi connectivity index (χ2v) is 5.63. The third-order valence-electron chi connectivity index (χ3n) is 2.24. The van der Waals surface area contributed by atoms with Crippen molar-refractivity contribution in [3.63, 3.8) is 0 Å². The zero-order valence-corrected chi connectivity index (χ0v) is 9.23. The molecule has 0 fully saturated rings. The Morgan fingerprint density at radius 1 is 1.47 bits per heavy atom. The first-order valence-corrected chi connectivity index (χ1v) is 6.55. The molecule has 0 spiro atoms. The molecule has 0 saturated heterocycles. The van der Waals surface area contributed by atoms with E-state index in [1.807, 2.05) is 0 Å². The van der Waals surface area contributed by atoms with Gasteiger partial charge in [-0.15, -0.1) is 6.42 Å². The van der Waals surface area contributed by atoms with Gasteiger partial charge in [-0.25, -0.2) is 8.42 Å². The van der Waals surface area contributed by atoms with Crippen LogP contribution in [0.3, 0.4) is 0 Å². The molecule has 15 heavy (non-hydrogen) atoms. The first-order valence-electron chi connectivity index (χ1n) is 4.24. The molecular weight excluding hydrogens is 236 g/mol. The van der Waals surface area contributed by atoms with Crippen LogP contribution in [0.15, 0.2) is 17.0 Å². The van der Waals surface area contributed by atoms with E-state index < -0.39 is 9.05 Å². The van der Waals surface area contributed by atoms with Crippen molar-refractivity contribution in [2.24, 2.45) is 0 Å². The van der Waals surface area contributed by atoms with Crippen LogP contribution in [0.25, 0.3) is 0 Å². The van der Waals surface area contributed by atoms with Gasteiger partial charge in [-0.3, -0.25) is 0 Å². The first kappa shape index (κ1) is 10.3. The van der Waals surface area contributed by atoms with Gasteiger partial charge in [0.1, 0.15) is 10.6 Å². The van der Waals surface area contributed by atoms with Gasteiger partial charge in [-0.2, -0.15) is 0 Å². The molecule has 2 rings (SSSR count). The SMILES string of the molecule is C#Cc1ccc(S(=O)(=O)Cl)c2c1CCO2. The maximum absolute atomic E-state index is 11.2. The molecule has 1 aromatic rings. The summed E-state index contributed by atoms with van der Waals surface area (Å²) in [6.07, 6.45) is 5.91. The van der Waals surface area contributed by atoms with Gasteiger partial charge in [0.25, 0.3) is 9.05 Å². The van der Waals surface area contributed by atoms with E-state index in [-0.39, 0.29) is 4.90 Å². The standard InChI is InChI=1S/C10H7ClO3S/c1-2-7-3-4-9(15(11,12)13)10-8(7)5-6-14-10/h1,3-4H,5-6H2. The molecule has 0 amide bonds. The molecule has 5 heteroatoms. The highest BCUT2D eigenvalue weighted by Gasteiger charge is 2.25. The fraction of sp³-hybridized carbons (Fsp3) is 0.200. The zero-order chi connectivity index (χ0) is 11.1. The molecule has 0 unspecified atom stereocenters. The van der Waals surface area contributed by atoms with Crippen LogP contribution in [0, 0.1) is 12.3 Å². The second-order valence-electron chi connectivity index (χ2n) is 3.10. The van der Waals surface area contributed by atoms with Crippen molar-refractivity contribution in [1.29, 1.82) is 0 Å². The highest BCUT2D eigenvalue weighted by Crippen LogP contribution is 2.36. The minimum Gasteiger partial charge on any atom is -0.491 e. The summed E-state index contributed by atoms with van der Waals surface area (Å²) in [5.74, 6) is 2.79. The minimum atomic E-state index is -3.77. The maximum atomic E-state index is 11.2. The fourth-order valence-corrected chi connectivity index (χ4v) is 2.59. The van der Waals surface area contributed by atoms with Crippen LogP contribution >= 0.6 is 10.7 Å². The molecule has 0 N–H and O–H groups in total. The molecule has 1 heterocycles. The lowest BCUT2D eigenvalue weighted by atomic mass is 10.1. The first-order chi connectivity index (χ1) is 7.04. The lowest BCUT2D eigenvalue weighted by Crippen LogP contribution is -1.96. The number of terminal acetylenes is 1. The lowest BCUT2D eigenvalue weighted by Gasteiger charge is -2.05. The van der Waals surface area contributed by atoms with E-state index in [9.17, 15) is 8.42 Å². The Hall–Kier alpha value is -1.18. The summed E-state index contributed by atoms with van der Waals surface area (Å²) < 4.78 is 27.7. The number of hydrogen-bond donors (Lipinski definition) is 0. The van der Waals surface area contributed by atoms with Crippen LogP contribution < -0.4 is 4.74 Å². The van der Waals surface area contributed by atoms with E-state index in [4.69, 9.17) is 21.8 Å². The molecule has 3 nitrogen and oxygen atoms in total.